The van der Waals surface area contributed by atoms with Crippen molar-refractivity contribution in [3.8, 4) is 0 Å². The van der Waals surface area contributed by atoms with Gasteiger partial charge in [-0.05, 0) is 29.8 Å². The average Bonchev–Trinajstić information content (AvgIpc) is 2.94. The van der Waals surface area contributed by atoms with E-state index in [-0.39, 0.29) is 10.9 Å². The van der Waals surface area contributed by atoms with E-state index in [0.717, 1.165) is 11.3 Å². The number of nitrogens with zero attached hydrogens (tertiary/aromatic N) is 1. The third-order valence-electron chi connectivity index (χ3n) is 4.96. The summed E-state index contributed by atoms with van der Waals surface area (Å²) in [5.74, 6) is -0.766. The molecule has 142 valence electrons. The van der Waals surface area contributed by atoms with Crippen LogP contribution in [0.3, 0.4) is 0 Å². The van der Waals surface area contributed by atoms with Gasteiger partial charge in [-0.15, -0.1) is 0 Å². The van der Waals surface area contributed by atoms with Gasteiger partial charge in [0.1, 0.15) is 5.82 Å². The molecule has 3 aromatic carbocycles. The van der Waals surface area contributed by atoms with Crippen LogP contribution in [0.15, 0.2) is 72.8 Å². The molecule has 3 aromatic rings. The van der Waals surface area contributed by atoms with Crippen LogP contribution in [0.25, 0.3) is 0 Å². The van der Waals surface area contributed by atoms with Crippen molar-refractivity contribution >= 4 is 28.9 Å². The van der Waals surface area contributed by atoms with Gasteiger partial charge in [0.2, 0.25) is 0 Å². The molecule has 0 aliphatic carbocycles. The second-order valence-electron chi connectivity index (χ2n) is 6.71. The highest BCUT2D eigenvalue weighted by Crippen LogP contribution is 2.43. The maximum Gasteiger partial charge on any atom is 0.260 e. The van der Waals surface area contributed by atoms with Crippen LogP contribution in [0, 0.1) is 5.82 Å². The fourth-order valence-corrected chi connectivity index (χ4v) is 3.80. The number of halogens is 2. The van der Waals surface area contributed by atoms with Crippen molar-refractivity contribution in [2.45, 2.75) is 12.1 Å². The predicted octanol–water partition coefficient (Wildman–Crippen LogP) is 4.33. The van der Waals surface area contributed by atoms with E-state index in [2.05, 4.69) is 5.32 Å². The number of nitrogens with one attached hydrogen (secondary N) is 1. The van der Waals surface area contributed by atoms with Crippen LogP contribution in [0.1, 0.15) is 11.1 Å². The molecule has 1 heterocycles. The molecule has 1 aliphatic rings. The summed E-state index contributed by atoms with van der Waals surface area (Å²) in [4.78, 5) is 15.1. The summed E-state index contributed by atoms with van der Waals surface area (Å²) < 4.78 is 13.4. The summed E-state index contributed by atoms with van der Waals surface area (Å²) in [5, 5.41) is 13.5. The van der Waals surface area contributed by atoms with Crippen molar-refractivity contribution < 1.29 is 14.3 Å². The number of benzene rings is 3. The molecule has 0 fully saturated rings. The van der Waals surface area contributed by atoms with Gasteiger partial charge in [0.05, 0.1) is 29.5 Å². The van der Waals surface area contributed by atoms with E-state index in [0.29, 0.717) is 17.8 Å². The first kappa shape index (κ1) is 18.5. The number of fused-ring (bicyclic) bond motifs is 1. The molecular weight excluding hydrogens is 379 g/mol. The lowest BCUT2D eigenvalue weighted by Crippen LogP contribution is -2.48. The van der Waals surface area contributed by atoms with E-state index in [1.165, 1.54) is 18.2 Å². The second-order valence-corrected chi connectivity index (χ2v) is 7.11. The third-order valence-corrected chi connectivity index (χ3v) is 5.28. The Morgan fingerprint density at radius 3 is 2.46 bits per heavy atom. The summed E-state index contributed by atoms with van der Waals surface area (Å²) >= 11 is 6.16. The van der Waals surface area contributed by atoms with Gasteiger partial charge in [-0.2, -0.15) is 0 Å². The molecule has 1 atom stereocenters. The molecule has 2 N–H and O–H groups in total. The number of hydrogen-bond donors (Lipinski definition) is 2. The van der Waals surface area contributed by atoms with Gasteiger partial charge in [0.15, 0.2) is 5.54 Å². The van der Waals surface area contributed by atoms with Crippen molar-refractivity contribution in [2.75, 3.05) is 16.8 Å². The molecule has 4 rings (SSSR count). The van der Waals surface area contributed by atoms with Crippen LogP contribution in [-0.4, -0.2) is 17.6 Å². The minimum absolute atomic E-state index is 0.139. The van der Waals surface area contributed by atoms with Crippen molar-refractivity contribution in [1.82, 2.24) is 0 Å². The van der Waals surface area contributed by atoms with Gasteiger partial charge in [0.25, 0.3) is 5.91 Å². The summed E-state index contributed by atoms with van der Waals surface area (Å²) in [7, 11) is 0. The van der Waals surface area contributed by atoms with Gasteiger partial charge in [-0.1, -0.05) is 60.1 Å². The Hall–Kier alpha value is -2.89. The lowest BCUT2D eigenvalue weighted by molar-refractivity contribution is -0.123. The molecule has 1 unspecified atom stereocenters. The number of aliphatic hydroxyl groups excluding tert-OH is 1. The van der Waals surface area contributed by atoms with Gasteiger partial charge in [-0.3, -0.25) is 4.79 Å². The standard InChI is InChI=1S/C22H18ClFN2O2/c23-18-12-16(24)10-11-19(18)25-22(14-27)17-8-4-5-9-20(17)26(21(22)28)13-15-6-2-1-3-7-15/h1-12,25,27H,13-14H2. The normalized spacial score (nSPS) is 18.2. The van der Waals surface area contributed by atoms with Crippen LogP contribution in [0.2, 0.25) is 5.02 Å². The first-order valence-corrected chi connectivity index (χ1v) is 9.22. The Morgan fingerprint density at radius 2 is 1.75 bits per heavy atom. The van der Waals surface area contributed by atoms with Crippen LogP contribution in [0.5, 0.6) is 0 Å². The number of rotatable bonds is 5. The number of carbonyl (C=O) groups is 1. The fourth-order valence-electron chi connectivity index (χ4n) is 3.58. The summed E-state index contributed by atoms with van der Waals surface area (Å²) in [6.45, 7) is -0.0981. The van der Waals surface area contributed by atoms with E-state index < -0.39 is 18.0 Å². The molecular formula is C22H18ClFN2O2. The zero-order valence-electron chi connectivity index (χ0n) is 14.9. The third kappa shape index (κ3) is 3.03. The van der Waals surface area contributed by atoms with Crippen LogP contribution >= 0.6 is 11.6 Å². The van der Waals surface area contributed by atoms with Gasteiger partial charge < -0.3 is 15.3 Å². The van der Waals surface area contributed by atoms with E-state index in [9.17, 15) is 14.3 Å². The Labute approximate surface area is 167 Å². The highest BCUT2D eigenvalue weighted by molar-refractivity contribution is 6.33. The van der Waals surface area contributed by atoms with Gasteiger partial charge >= 0.3 is 0 Å². The molecule has 0 aromatic heterocycles. The first-order chi connectivity index (χ1) is 13.5. The van der Waals surface area contributed by atoms with E-state index in [1.54, 1.807) is 11.0 Å². The largest absolute Gasteiger partial charge is 0.393 e. The van der Waals surface area contributed by atoms with Gasteiger partial charge in [0, 0.05) is 5.56 Å². The zero-order chi connectivity index (χ0) is 19.7. The predicted molar refractivity (Wildman–Crippen MR) is 108 cm³/mol. The number of para-hydroxylation sites is 1. The number of hydrogen-bond acceptors (Lipinski definition) is 3. The van der Waals surface area contributed by atoms with Gasteiger partial charge in [-0.25, -0.2) is 4.39 Å². The number of aliphatic hydroxyl groups is 1. The quantitative estimate of drug-likeness (QED) is 0.675. The molecule has 0 saturated carbocycles. The maximum atomic E-state index is 13.5. The van der Waals surface area contributed by atoms with Crippen LogP contribution in [-0.2, 0) is 16.9 Å². The molecule has 1 aliphatic heterocycles. The van der Waals surface area contributed by atoms with Crippen molar-refractivity contribution in [3.63, 3.8) is 0 Å². The summed E-state index contributed by atoms with van der Waals surface area (Å²) in [6, 6.07) is 20.8. The maximum absolute atomic E-state index is 13.5. The molecule has 0 spiro atoms. The highest BCUT2D eigenvalue weighted by Gasteiger charge is 2.51. The van der Waals surface area contributed by atoms with Crippen molar-refractivity contribution in [3.05, 3.63) is 94.8 Å². The monoisotopic (exact) mass is 396 g/mol. The molecule has 0 saturated heterocycles. The lowest BCUT2D eigenvalue weighted by Gasteiger charge is -2.29. The minimum atomic E-state index is -1.40. The van der Waals surface area contributed by atoms with Crippen molar-refractivity contribution in [1.29, 1.82) is 0 Å². The van der Waals surface area contributed by atoms with E-state index in [4.69, 9.17) is 11.6 Å². The van der Waals surface area contributed by atoms with Crippen LogP contribution < -0.4 is 10.2 Å². The van der Waals surface area contributed by atoms with Crippen molar-refractivity contribution in [2.24, 2.45) is 0 Å². The van der Waals surface area contributed by atoms with E-state index >= 15 is 0 Å². The summed E-state index contributed by atoms with van der Waals surface area (Å²) in [5.41, 5.74) is 1.32. The minimum Gasteiger partial charge on any atom is -0.393 e. The topological polar surface area (TPSA) is 52.6 Å². The highest BCUT2D eigenvalue weighted by atomic mass is 35.5. The Balaban J connectivity index is 1.78. The zero-order valence-corrected chi connectivity index (χ0v) is 15.7. The number of amides is 1. The molecule has 6 heteroatoms. The average molecular weight is 397 g/mol. The molecule has 28 heavy (non-hydrogen) atoms. The molecule has 4 nitrogen and oxygen atoms in total. The van der Waals surface area contributed by atoms with E-state index in [1.807, 2.05) is 48.5 Å². The molecule has 0 bridgehead atoms. The number of anilines is 2. The number of carbonyl (C=O) groups excluding carboxylic acids is 1. The fraction of sp³-hybridized carbons (Fsp3) is 0.136. The smallest absolute Gasteiger partial charge is 0.260 e. The lowest BCUT2D eigenvalue weighted by atomic mass is 9.91. The molecule has 0 radical (unpaired) electrons. The Morgan fingerprint density at radius 1 is 1.04 bits per heavy atom. The van der Waals surface area contributed by atoms with Crippen LogP contribution in [0.4, 0.5) is 15.8 Å². The Bertz CT molecular complexity index is 1030. The first-order valence-electron chi connectivity index (χ1n) is 8.84. The SMILES string of the molecule is O=C1N(Cc2ccccc2)c2ccccc2C1(CO)Nc1ccc(F)cc1Cl. The molecule has 1 amide bonds. The summed E-state index contributed by atoms with van der Waals surface area (Å²) in [6.07, 6.45) is 0. The Kier molecular flexibility index (Phi) is 4.79. The second kappa shape index (κ2) is 7.26.